The molecular formula is C18H16ClF2N3O4. The van der Waals surface area contributed by atoms with Crippen molar-refractivity contribution in [3.8, 4) is 5.75 Å². The lowest BCUT2D eigenvalue weighted by Crippen LogP contribution is -2.27. The summed E-state index contributed by atoms with van der Waals surface area (Å²) in [6.45, 7) is 1.40. The van der Waals surface area contributed by atoms with Crippen LogP contribution in [0.5, 0.6) is 5.75 Å². The molecule has 2 aromatic rings. The number of anilines is 2. The maximum Gasteiger partial charge on any atom is 0.270 e. The molecule has 7 nitrogen and oxygen atoms in total. The highest BCUT2D eigenvalue weighted by atomic mass is 35.5. The monoisotopic (exact) mass is 411 g/mol. The quantitative estimate of drug-likeness (QED) is 0.538. The fourth-order valence-electron chi connectivity index (χ4n) is 1.99. The Kier molecular flexibility index (Phi) is 7.28. The molecule has 0 heterocycles. The molecule has 2 rings (SSSR count). The van der Waals surface area contributed by atoms with Crippen molar-refractivity contribution < 1.29 is 27.9 Å². The molecule has 0 aromatic heterocycles. The van der Waals surface area contributed by atoms with Crippen molar-refractivity contribution in [3.63, 3.8) is 0 Å². The van der Waals surface area contributed by atoms with Crippen molar-refractivity contribution in [1.82, 2.24) is 0 Å². The minimum Gasteiger partial charge on any atom is -0.495 e. The first-order valence-electron chi connectivity index (χ1n) is 7.89. The molecule has 0 aliphatic carbocycles. The number of rotatable bonds is 7. The highest BCUT2D eigenvalue weighted by molar-refractivity contribution is 6.31. The average Bonchev–Trinajstić information content (AvgIpc) is 2.64. The molecule has 0 fully saturated rings. The van der Waals surface area contributed by atoms with Crippen LogP contribution < -0.4 is 15.4 Å². The van der Waals surface area contributed by atoms with Gasteiger partial charge in [0.1, 0.15) is 23.6 Å². The molecule has 2 aromatic carbocycles. The summed E-state index contributed by atoms with van der Waals surface area (Å²) in [4.78, 5) is 28.7. The molecule has 0 bridgehead atoms. The molecule has 10 heteroatoms. The third kappa shape index (κ3) is 5.92. The van der Waals surface area contributed by atoms with Crippen molar-refractivity contribution in [3.05, 3.63) is 53.1 Å². The molecule has 148 valence electrons. The van der Waals surface area contributed by atoms with Gasteiger partial charge >= 0.3 is 0 Å². The molecule has 0 aliphatic heterocycles. The van der Waals surface area contributed by atoms with Gasteiger partial charge in [0.15, 0.2) is 0 Å². The molecule has 0 saturated heterocycles. The Morgan fingerprint density at radius 3 is 2.57 bits per heavy atom. The molecule has 1 atom stereocenters. The molecular weight excluding hydrogens is 396 g/mol. The summed E-state index contributed by atoms with van der Waals surface area (Å²) in [5.41, 5.74) is 0.112. The summed E-state index contributed by atoms with van der Waals surface area (Å²) in [6.07, 6.45) is -0.345. The van der Waals surface area contributed by atoms with E-state index in [4.69, 9.17) is 21.2 Å². The van der Waals surface area contributed by atoms with Crippen LogP contribution in [-0.4, -0.2) is 31.2 Å². The zero-order valence-electron chi connectivity index (χ0n) is 14.8. The number of hydrogen-bond acceptors (Lipinski definition) is 5. The van der Waals surface area contributed by atoms with Crippen LogP contribution in [0, 0.1) is 11.6 Å². The molecule has 1 unspecified atom stereocenters. The van der Waals surface area contributed by atoms with Crippen LogP contribution in [0.15, 0.2) is 41.6 Å². The van der Waals surface area contributed by atoms with E-state index >= 15 is 0 Å². The van der Waals surface area contributed by atoms with Gasteiger partial charge in [0.05, 0.1) is 18.5 Å². The summed E-state index contributed by atoms with van der Waals surface area (Å²) in [6, 6.07) is 7.36. The third-order valence-corrected chi connectivity index (χ3v) is 3.60. The standard InChI is InChI=1S/C18H16ClF2N3O4/c1-10(18(26)24-15-7-11(19)3-6-16(15)27-2)28-22-9-17(25)23-14-5-4-12(20)8-13(14)21/h3-10H,1-2H3,(H,23,25)(H,24,26)/b22-9+. The Labute approximate surface area is 164 Å². The van der Waals surface area contributed by atoms with Gasteiger partial charge < -0.3 is 20.2 Å². The number of hydrogen-bond donors (Lipinski definition) is 2. The number of carbonyl (C=O) groups excluding carboxylic acids is 2. The number of amides is 2. The number of benzene rings is 2. The maximum absolute atomic E-state index is 13.5. The SMILES string of the molecule is COc1ccc(Cl)cc1NC(=O)C(C)O/N=C/C(=O)Nc1ccc(F)cc1F. The second-order valence-electron chi connectivity index (χ2n) is 5.43. The highest BCUT2D eigenvalue weighted by Gasteiger charge is 2.17. The van der Waals surface area contributed by atoms with Gasteiger partial charge in [-0.2, -0.15) is 0 Å². The highest BCUT2D eigenvalue weighted by Crippen LogP contribution is 2.27. The molecule has 0 saturated carbocycles. The summed E-state index contributed by atoms with van der Waals surface area (Å²) >= 11 is 5.89. The van der Waals surface area contributed by atoms with Crippen molar-refractivity contribution in [2.45, 2.75) is 13.0 Å². The van der Waals surface area contributed by atoms with Crippen molar-refractivity contribution in [2.75, 3.05) is 17.7 Å². The van der Waals surface area contributed by atoms with Crippen molar-refractivity contribution in [1.29, 1.82) is 0 Å². The van der Waals surface area contributed by atoms with E-state index in [0.717, 1.165) is 12.1 Å². The zero-order valence-corrected chi connectivity index (χ0v) is 15.6. The number of nitrogens with one attached hydrogen (secondary N) is 2. The van der Waals surface area contributed by atoms with E-state index in [0.29, 0.717) is 28.7 Å². The Hall–Kier alpha value is -3.20. The van der Waals surface area contributed by atoms with Gasteiger partial charge in [-0.1, -0.05) is 16.8 Å². The second-order valence-corrected chi connectivity index (χ2v) is 5.87. The first kappa shape index (κ1) is 21.1. The van der Waals surface area contributed by atoms with Gasteiger partial charge in [-0.15, -0.1) is 0 Å². The Morgan fingerprint density at radius 2 is 1.89 bits per heavy atom. The fraction of sp³-hybridized carbons (Fsp3) is 0.167. The van der Waals surface area contributed by atoms with Gasteiger partial charge in [-0.3, -0.25) is 9.59 Å². The maximum atomic E-state index is 13.5. The number of carbonyl (C=O) groups is 2. The third-order valence-electron chi connectivity index (χ3n) is 3.37. The van der Waals surface area contributed by atoms with Crippen molar-refractivity contribution in [2.24, 2.45) is 5.16 Å². The van der Waals surface area contributed by atoms with Crippen LogP contribution in [0.4, 0.5) is 20.2 Å². The van der Waals surface area contributed by atoms with E-state index in [2.05, 4.69) is 15.8 Å². The number of methoxy groups -OCH3 is 1. The molecule has 0 radical (unpaired) electrons. The van der Waals surface area contributed by atoms with Gasteiger partial charge in [0.2, 0.25) is 6.10 Å². The van der Waals surface area contributed by atoms with Gasteiger partial charge in [-0.05, 0) is 37.3 Å². The number of oxime groups is 1. The molecule has 2 amide bonds. The minimum absolute atomic E-state index is 0.225. The lowest BCUT2D eigenvalue weighted by atomic mass is 10.2. The number of nitrogens with zero attached hydrogens (tertiary/aromatic N) is 1. The molecule has 2 N–H and O–H groups in total. The lowest BCUT2D eigenvalue weighted by Gasteiger charge is -2.13. The first-order chi connectivity index (χ1) is 13.3. The van der Waals surface area contributed by atoms with E-state index in [-0.39, 0.29) is 5.69 Å². The van der Waals surface area contributed by atoms with E-state index < -0.39 is 29.6 Å². The lowest BCUT2D eigenvalue weighted by molar-refractivity contribution is -0.126. The summed E-state index contributed by atoms with van der Waals surface area (Å²) < 4.78 is 31.4. The Balaban J connectivity index is 1.90. The van der Waals surface area contributed by atoms with Crippen LogP contribution in [0.25, 0.3) is 0 Å². The van der Waals surface area contributed by atoms with Gasteiger partial charge in [0.25, 0.3) is 11.8 Å². The molecule has 28 heavy (non-hydrogen) atoms. The van der Waals surface area contributed by atoms with E-state index in [1.807, 2.05) is 0 Å². The predicted molar refractivity (Wildman–Crippen MR) is 101 cm³/mol. The summed E-state index contributed by atoms with van der Waals surface area (Å²) in [5, 5.41) is 8.50. The fourth-order valence-corrected chi connectivity index (χ4v) is 2.16. The van der Waals surface area contributed by atoms with Crippen LogP contribution in [-0.2, 0) is 14.4 Å². The molecule has 0 spiro atoms. The van der Waals surface area contributed by atoms with E-state index in [1.54, 1.807) is 12.1 Å². The predicted octanol–water partition coefficient (Wildman–Crippen LogP) is 3.59. The second kappa shape index (κ2) is 9.65. The van der Waals surface area contributed by atoms with Crippen LogP contribution in [0.1, 0.15) is 6.92 Å². The smallest absolute Gasteiger partial charge is 0.270 e. The first-order valence-corrected chi connectivity index (χ1v) is 8.27. The summed E-state index contributed by atoms with van der Waals surface area (Å²) in [5.74, 6) is -2.71. The average molecular weight is 412 g/mol. The number of ether oxygens (including phenoxy) is 1. The van der Waals surface area contributed by atoms with Gasteiger partial charge in [0, 0.05) is 11.1 Å². The summed E-state index contributed by atoms with van der Waals surface area (Å²) in [7, 11) is 1.44. The Bertz CT molecular complexity index is 908. The Morgan fingerprint density at radius 1 is 1.14 bits per heavy atom. The largest absolute Gasteiger partial charge is 0.495 e. The zero-order chi connectivity index (χ0) is 20.7. The van der Waals surface area contributed by atoms with E-state index in [1.165, 1.54) is 20.1 Å². The van der Waals surface area contributed by atoms with Crippen molar-refractivity contribution >= 4 is 41.0 Å². The van der Waals surface area contributed by atoms with Gasteiger partial charge in [-0.25, -0.2) is 8.78 Å². The topological polar surface area (TPSA) is 89.0 Å². The van der Waals surface area contributed by atoms with Crippen LogP contribution in [0.2, 0.25) is 5.02 Å². The molecule has 0 aliphatic rings. The normalized spacial score (nSPS) is 11.8. The van der Waals surface area contributed by atoms with Crippen LogP contribution in [0.3, 0.4) is 0 Å². The van der Waals surface area contributed by atoms with Crippen LogP contribution >= 0.6 is 11.6 Å². The minimum atomic E-state index is -1.06. The van der Waals surface area contributed by atoms with E-state index in [9.17, 15) is 18.4 Å². The number of halogens is 3.